The molecule has 2 amide bonds. The molecule has 21 heavy (non-hydrogen) atoms. The summed E-state index contributed by atoms with van der Waals surface area (Å²) in [7, 11) is 0. The van der Waals surface area contributed by atoms with Crippen LogP contribution in [-0.2, 0) is 9.59 Å². The fourth-order valence-corrected chi connectivity index (χ4v) is 2.29. The van der Waals surface area contributed by atoms with E-state index in [1.54, 1.807) is 0 Å². The lowest BCUT2D eigenvalue weighted by atomic mass is 10.2. The van der Waals surface area contributed by atoms with Crippen LogP contribution in [0.3, 0.4) is 0 Å². The van der Waals surface area contributed by atoms with Gasteiger partial charge in [0.25, 0.3) is 0 Å². The maximum Gasteiger partial charge on any atom is 0.463 e. The maximum absolute atomic E-state index is 12.8. The van der Waals surface area contributed by atoms with Crippen LogP contribution in [0.5, 0.6) is 0 Å². The number of carbonyl (C=O) groups is 2. The molecule has 0 saturated heterocycles. The number of alkyl halides is 5. The Kier molecular flexibility index (Phi) is 3.83. The highest BCUT2D eigenvalue weighted by molar-refractivity contribution is 8.00. The van der Waals surface area contributed by atoms with E-state index < -0.39 is 18.0 Å². The molecule has 1 heterocycles. The first-order chi connectivity index (χ1) is 9.61. The van der Waals surface area contributed by atoms with E-state index in [1.165, 1.54) is 29.2 Å². The van der Waals surface area contributed by atoms with Crippen LogP contribution in [0.1, 0.15) is 0 Å². The molecule has 4 nitrogen and oxygen atoms in total. The second kappa shape index (κ2) is 5.17. The van der Waals surface area contributed by atoms with Crippen molar-refractivity contribution in [1.29, 1.82) is 0 Å². The lowest BCUT2D eigenvalue weighted by Crippen LogP contribution is -2.47. The van der Waals surface area contributed by atoms with Crippen molar-refractivity contribution < 1.29 is 31.5 Å². The van der Waals surface area contributed by atoms with Crippen molar-refractivity contribution in [2.75, 3.05) is 16.4 Å². The van der Waals surface area contributed by atoms with Crippen LogP contribution in [0.25, 0.3) is 0 Å². The monoisotopic (exact) mass is 326 g/mol. The molecular formula is C11H7F5N2O2S. The molecule has 0 bridgehead atoms. The van der Waals surface area contributed by atoms with Gasteiger partial charge >= 0.3 is 18.0 Å². The van der Waals surface area contributed by atoms with E-state index in [-0.39, 0.29) is 23.0 Å². The van der Waals surface area contributed by atoms with Crippen molar-refractivity contribution in [3.05, 3.63) is 18.2 Å². The van der Waals surface area contributed by atoms with Crippen molar-refractivity contribution >= 4 is 35.0 Å². The van der Waals surface area contributed by atoms with E-state index in [9.17, 15) is 31.5 Å². The average molecular weight is 326 g/mol. The number of thioether (sulfide) groups is 1. The smallest absolute Gasteiger partial charge is 0.324 e. The quantitative estimate of drug-likeness (QED) is 0.822. The Morgan fingerprint density at radius 2 is 1.90 bits per heavy atom. The second-order valence-electron chi connectivity index (χ2n) is 4.07. The molecule has 1 aliphatic heterocycles. The van der Waals surface area contributed by atoms with E-state index in [2.05, 4.69) is 5.32 Å². The Morgan fingerprint density at radius 3 is 2.52 bits per heavy atom. The van der Waals surface area contributed by atoms with Crippen LogP contribution >= 0.6 is 11.8 Å². The lowest BCUT2D eigenvalue weighted by Gasteiger charge is -2.20. The van der Waals surface area contributed by atoms with Crippen molar-refractivity contribution in [2.45, 2.75) is 17.0 Å². The van der Waals surface area contributed by atoms with Crippen LogP contribution in [0, 0.1) is 0 Å². The zero-order valence-electron chi connectivity index (χ0n) is 10.1. The number of nitrogens with one attached hydrogen (secondary N) is 2. The molecule has 0 saturated carbocycles. The van der Waals surface area contributed by atoms with Gasteiger partial charge in [0.15, 0.2) is 0 Å². The third-order valence-corrected chi connectivity index (χ3v) is 3.59. The topological polar surface area (TPSA) is 58.2 Å². The third-order valence-electron chi connectivity index (χ3n) is 2.51. The number of anilines is 2. The zero-order chi connectivity index (χ0) is 15.8. The Balaban J connectivity index is 2.19. The summed E-state index contributed by atoms with van der Waals surface area (Å²) in [6, 6.07) is 3.69. The van der Waals surface area contributed by atoms with Crippen molar-refractivity contribution in [3.63, 3.8) is 0 Å². The van der Waals surface area contributed by atoms with Crippen LogP contribution < -0.4 is 10.6 Å². The molecule has 0 fully saturated rings. The van der Waals surface area contributed by atoms with Gasteiger partial charge in [0.1, 0.15) is 0 Å². The summed E-state index contributed by atoms with van der Waals surface area (Å²) in [5.74, 6) is -8.15. The summed E-state index contributed by atoms with van der Waals surface area (Å²) < 4.78 is 61.7. The Hall–Kier alpha value is -1.84. The molecule has 1 aromatic rings. The fourth-order valence-electron chi connectivity index (χ4n) is 1.50. The van der Waals surface area contributed by atoms with E-state index in [0.29, 0.717) is 4.90 Å². The maximum atomic E-state index is 12.8. The number of fused-ring (bicyclic) bond motifs is 1. The molecule has 0 aliphatic carbocycles. The summed E-state index contributed by atoms with van der Waals surface area (Å²) in [4.78, 5) is 22.8. The van der Waals surface area contributed by atoms with E-state index in [4.69, 9.17) is 0 Å². The van der Waals surface area contributed by atoms with Gasteiger partial charge in [-0.3, -0.25) is 9.59 Å². The van der Waals surface area contributed by atoms with Crippen LogP contribution in [0.2, 0.25) is 0 Å². The highest BCUT2D eigenvalue weighted by Crippen LogP contribution is 2.37. The van der Waals surface area contributed by atoms with E-state index in [0.717, 1.165) is 6.07 Å². The van der Waals surface area contributed by atoms with Crippen LogP contribution in [-0.4, -0.2) is 29.7 Å². The van der Waals surface area contributed by atoms with E-state index >= 15 is 0 Å². The van der Waals surface area contributed by atoms with Gasteiger partial charge in [0.2, 0.25) is 5.91 Å². The van der Waals surface area contributed by atoms with Crippen LogP contribution in [0.15, 0.2) is 23.1 Å². The zero-order valence-corrected chi connectivity index (χ0v) is 10.9. The molecule has 10 heteroatoms. The first kappa shape index (κ1) is 15.5. The predicted octanol–water partition coefficient (Wildman–Crippen LogP) is 2.87. The molecule has 0 radical (unpaired) electrons. The van der Waals surface area contributed by atoms with E-state index in [1.807, 2.05) is 0 Å². The number of hydrogen-bond donors (Lipinski definition) is 2. The van der Waals surface area contributed by atoms with Crippen molar-refractivity contribution in [1.82, 2.24) is 0 Å². The molecule has 1 aromatic carbocycles. The molecule has 0 aromatic heterocycles. The average Bonchev–Trinajstić information content (AvgIpc) is 2.36. The molecule has 114 valence electrons. The van der Waals surface area contributed by atoms with Gasteiger partial charge in [-0.25, -0.2) is 0 Å². The number of halogens is 5. The van der Waals surface area contributed by atoms with Gasteiger partial charge < -0.3 is 10.6 Å². The summed E-state index contributed by atoms with van der Waals surface area (Å²) in [5.41, 5.74) is -0.0325. The first-order valence-corrected chi connectivity index (χ1v) is 6.42. The molecule has 0 atom stereocenters. The van der Waals surface area contributed by atoms with Gasteiger partial charge in [0, 0.05) is 10.6 Å². The lowest BCUT2D eigenvalue weighted by molar-refractivity contribution is -0.267. The number of carbonyl (C=O) groups excluding carboxylic acids is 2. The van der Waals surface area contributed by atoms with Gasteiger partial charge in [-0.15, -0.1) is 11.8 Å². The van der Waals surface area contributed by atoms with Crippen molar-refractivity contribution in [3.8, 4) is 0 Å². The molecule has 2 rings (SSSR count). The number of rotatable bonds is 2. The first-order valence-electron chi connectivity index (χ1n) is 5.44. The SMILES string of the molecule is O=C1CSc2ccc(NC(=O)C(F)(F)C(F)(F)F)cc2N1. The largest absolute Gasteiger partial charge is 0.463 e. The van der Waals surface area contributed by atoms with Gasteiger partial charge in [-0.05, 0) is 18.2 Å². The fraction of sp³-hybridized carbons (Fsp3) is 0.273. The highest BCUT2D eigenvalue weighted by Gasteiger charge is 2.63. The number of hydrogen-bond acceptors (Lipinski definition) is 3. The molecular weight excluding hydrogens is 319 g/mol. The minimum absolute atomic E-state index is 0.171. The normalized spacial score (nSPS) is 15.2. The Labute approximate surface area is 119 Å². The summed E-state index contributed by atoms with van der Waals surface area (Å²) in [6.45, 7) is 0. The predicted molar refractivity (Wildman–Crippen MR) is 65.4 cm³/mol. The second-order valence-corrected chi connectivity index (χ2v) is 5.09. The summed E-state index contributed by atoms with van der Waals surface area (Å²) >= 11 is 1.18. The standard InChI is InChI=1S/C11H7F5N2O2S/c12-10(13,11(14,15)16)9(20)17-5-1-2-7-6(3-5)18-8(19)4-21-7/h1-3H,4H2,(H,17,20)(H,18,19). The van der Waals surface area contributed by atoms with Crippen LogP contribution in [0.4, 0.5) is 33.3 Å². The third kappa shape index (κ3) is 3.09. The Morgan fingerprint density at radius 1 is 1.24 bits per heavy atom. The minimum atomic E-state index is -5.98. The Bertz CT molecular complexity index is 603. The molecule has 0 spiro atoms. The van der Waals surface area contributed by atoms with Gasteiger partial charge in [-0.2, -0.15) is 22.0 Å². The number of benzene rings is 1. The minimum Gasteiger partial charge on any atom is -0.324 e. The molecule has 2 N–H and O–H groups in total. The summed E-state index contributed by atoms with van der Waals surface area (Å²) in [6.07, 6.45) is -5.98. The molecule has 0 unspecified atom stereocenters. The van der Waals surface area contributed by atoms with Gasteiger partial charge in [-0.1, -0.05) is 0 Å². The van der Waals surface area contributed by atoms with Gasteiger partial charge in [0.05, 0.1) is 11.4 Å². The molecule has 1 aliphatic rings. The van der Waals surface area contributed by atoms with Crippen molar-refractivity contribution in [2.24, 2.45) is 0 Å². The highest BCUT2D eigenvalue weighted by atomic mass is 32.2. The summed E-state index contributed by atoms with van der Waals surface area (Å²) in [5, 5.41) is 3.91. The number of amides is 2.